The van der Waals surface area contributed by atoms with E-state index in [-0.39, 0.29) is 0 Å². The van der Waals surface area contributed by atoms with E-state index in [9.17, 15) is 0 Å². The van der Waals surface area contributed by atoms with Crippen molar-refractivity contribution < 1.29 is 0 Å². The molecule has 5 heteroatoms. The zero-order valence-corrected chi connectivity index (χ0v) is 12.6. The molecule has 0 unspecified atom stereocenters. The summed E-state index contributed by atoms with van der Waals surface area (Å²) < 4.78 is 1.05. The van der Waals surface area contributed by atoms with Crippen molar-refractivity contribution in [2.45, 2.75) is 13.3 Å². The standard InChI is InChI=1S/C13H16BrN3S/c1-2-15-8-7-10-9-18-13(16-10)17-12-6-4-3-5-11(12)14/h3-6,9,15H,2,7-8H2,1H3,(H,16,17). The van der Waals surface area contributed by atoms with Gasteiger partial charge in [-0.2, -0.15) is 0 Å². The maximum Gasteiger partial charge on any atom is 0.187 e. The summed E-state index contributed by atoms with van der Waals surface area (Å²) in [6.45, 7) is 4.10. The predicted molar refractivity (Wildman–Crippen MR) is 81.8 cm³/mol. The van der Waals surface area contributed by atoms with Crippen molar-refractivity contribution in [1.82, 2.24) is 10.3 Å². The van der Waals surface area contributed by atoms with Crippen LogP contribution in [0.25, 0.3) is 0 Å². The lowest BCUT2D eigenvalue weighted by atomic mass is 10.3. The average molecular weight is 326 g/mol. The van der Waals surface area contributed by atoms with Crippen molar-refractivity contribution >= 4 is 38.1 Å². The molecule has 1 aromatic heterocycles. The van der Waals surface area contributed by atoms with Crippen LogP contribution in [0.4, 0.5) is 10.8 Å². The summed E-state index contributed by atoms with van der Waals surface area (Å²) in [7, 11) is 0. The number of nitrogens with one attached hydrogen (secondary N) is 2. The fourth-order valence-corrected chi connectivity index (χ4v) is 2.69. The van der Waals surface area contributed by atoms with Crippen LogP contribution in [0.2, 0.25) is 0 Å². The highest BCUT2D eigenvalue weighted by atomic mass is 79.9. The highest BCUT2D eigenvalue weighted by Gasteiger charge is 2.04. The van der Waals surface area contributed by atoms with Crippen molar-refractivity contribution in [2.75, 3.05) is 18.4 Å². The summed E-state index contributed by atoms with van der Waals surface area (Å²) in [6.07, 6.45) is 0.974. The molecule has 1 heterocycles. The molecule has 96 valence electrons. The van der Waals surface area contributed by atoms with Crippen molar-refractivity contribution in [3.8, 4) is 0 Å². The van der Waals surface area contributed by atoms with Crippen LogP contribution in [0.5, 0.6) is 0 Å². The summed E-state index contributed by atoms with van der Waals surface area (Å²) in [5.41, 5.74) is 2.18. The van der Waals surface area contributed by atoms with Gasteiger partial charge < -0.3 is 10.6 Å². The van der Waals surface area contributed by atoms with Crippen molar-refractivity contribution in [2.24, 2.45) is 0 Å². The minimum Gasteiger partial charge on any atom is -0.331 e. The topological polar surface area (TPSA) is 37.0 Å². The molecule has 0 saturated carbocycles. The third-order valence-corrected chi connectivity index (χ3v) is 3.97. The van der Waals surface area contributed by atoms with Gasteiger partial charge in [0.15, 0.2) is 5.13 Å². The molecular weight excluding hydrogens is 310 g/mol. The minimum atomic E-state index is 0.938. The van der Waals surface area contributed by atoms with Crippen LogP contribution in [0.3, 0.4) is 0 Å². The molecule has 0 radical (unpaired) electrons. The number of hydrogen-bond acceptors (Lipinski definition) is 4. The Morgan fingerprint density at radius 3 is 2.94 bits per heavy atom. The van der Waals surface area contributed by atoms with Crippen LogP contribution in [0.15, 0.2) is 34.1 Å². The Hall–Kier alpha value is -0.910. The van der Waals surface area contributed by atoms with Gasteiger partial charge in [0.2, 0.25) is 0 Å². The molecule has 18 heavy (non-hydrogen) atoms. The summed E-state index contributed by atoms with van der Waals surface area (Å²) >= 11 is 5.16. The largest absolute Gasteiger partial charge is 0.331 e. The van der Waals surface area contributed by atoms with Gasteiger partial charge in [0.1, 0.15) is 0 Å². The van der Waals surface area contributed by atoms with Gasteiger partial charge in [-0.05, 0) is 34.6 Å². The third kappa shape index (κ3) is 3.80. The molecule has 1 aromatic carbocycles. The lowest BCUT2D eigenvalue weighted by Crippen LogP contribution is -2.16. The Morgan fingerprint density at radius 1 is 1.33 bits per heavy atom. The zero-order chi connectivity index (χ0) is 12.8. The number of hydrogen-bond donors (Lipinski definition) is 2. The first-order valence-corrected chi connectivity index (χ1v) is 7.63. The fraction of sp³-hybridized carbons (Fsp3) is 0.308. The molecule has 3 nitrogen and oxygen atoms in total. The molecule has 0 spiro atoms. The second-order valence-electron chi connectivity index (χ2n) is 3.85. The summed E-state index contributed by atoms with van der Waals surface area (Å²) in [5.74, 6) is 0. The summed E-state index contributed by atoms with van der Waals surface area (Å²) in [5, 5.41) is 9.67. The first-order valence-electron chi connectivity index (χ1n) is 5.96. The Labute approximate surface area is 120 Å². The van der Waals surface area contributed by atoms with Crippen LogP contribution < -0.4 is 10.6 Å². The number of halogens is 1. The molecule has 0 aliphatic carbocycles. The first kappa shape index (κ1) is 13.5. The molecule has 0 aliphatic rings. The van der Waals surface area contributed by atoms with E-state index in [0.717, 1.165) is 40.5 Å². The highest BCUT2D eigenvalue weighted by molar-refractivity contribution is 9.10. The van der Waals surface area contributed by atoms with E-state index in [1.807, 2.05) is 24.3 Å². The molecule has 2 N–H and O–H groups in total. The third-order valence-electron chi connectivity index (χ3n) is 2.48. The lowest BCUT2D eigenvalue weighted by molar-refractivity contribution is 0.710. The van der Waals surface area contributed by atoms with Crippen molar-refractivity contribution in [1.29, 1.82) is 0 Å². The van der Waals surface area contributed by atoms with Crippen molar-refractivity contribution in [3.05, 3.63) is 39.8 Å². The number of benzene rings is 1. The van der Waals surface area contributed by atoms with Crippen LogP contribution in [-0.2, 0) is 6.42 Å². The number of para-hydroxylation sites is 1. The number of anilines is 2. The van der Waals surface area contributed by atoms with E-state index in [1.165, 1.54) is 0 Å². The van der Waals surface area contributed by atoms with E-state index >= 15 is 0 Å². The Bertz CT molecular complexity index is 498. The van der Waals surface area contributed by atoms with E-state index in [1.54, 1.807) is 11.3 Å². The fourth-order valence-electron chi connectivity index (χ4n) is 1.55. The average Bonchev–Trinajstić information content (AvgIpc) is 2.80. The normalized spacial score (nSPS) is 10.6. The van der Waals surface area contributed by atoms with Crippen LogP contribution >= 0.6 is 27.3 Å². The Balaban J connectivity index is 1.96. The minimum absolute atomic E-state index is 0.938. The van der Waals surface area contributed by atoms with Gasteiger partial charge in [-0.3, -0.25) is 0 Å². The summed E-state index contributed by atoms with van der Waals surface area (Å²) in [6, 6.07) is 8.05. The molecule has 0 bridgehead atoms. The SMILES string of the molecule is CCNCCc1csc(Nc2ccccc2Br)n1. The molecule has 0 atom stereocenters. The molecule has 0 saturated heterocycles. The number of thiazole rings is 1. The molecule has 2 rings (SSSR count). The quantitative estimate of drug-likeness (QED) is 0.793. The smallest absolute Gasteiger partial charge is 0.187 e. The first-order chi connectivity index (χ1) is 8.79. The number of rotatable bonds is 6. The lowest BCUT2D eigenvalue weighted by Gasteiger charge is -2.04. The summed E-state index contributed by atoms with van der Waals surface area (Å²) in [4.78, 5) is 4.57. The van der Waals surface area contributed by atoms with E-state index < -0.39 is 0 Å². The second-order valence-corrected chi connectivity index (χ2v) is 5.56. The highest BCUT2D eigenvalue weighted by Crippen LogP contribution is 2.27. The maximum atomic E-state index is 4.57. The van der Waals surface area contributed by atoms with Gasteiger partial charge in [-0.25, -0.2) is 4.98 Å². The number of nitrogens with zero attached hydrogens (tertiary/aromatic N) is 1. The van der Waals surface area contributed by atoms with E-state index in [0.29, 0.717) is 0 Å². The maximum absolute atomic E-state index is 4.57. The molecule has 0 aliphatic heterocycles. The van der Waals surface area contributed by atoms with Gasteiger partial charge >= 0.3 is 0 Å². The molecule has 0 fully saturated rings. The van der Waals surface area contributed by atoms with Gasteiger partial charge in [0.25, 0.3) is 0 Å². The monoisotopic (exact) mass is 325 g/mol. The molecular formula is C13H16BrN3S. The Morgan fingerprint density at radius 2 is 2.17 bits per heavy atom. The van der Waals surface area contributed by atoms with E-state index in [2.05, 4.69) is 43.9 Å². The Kier molecular flexibility index (Phi) is 5.16. The van der Waals surface area contributed by atoms with Crippen LogP contribution in [0, 0.1) is 0 Å². The second kappa shape index (κ2) is 6.87. The molecule has 0 amide bonds. The number of aromatic nitrogens is 1. The van der Waals surface area contributed by atoms with Gasteiger partial charge in [0.05, 0.1) is 11.4 Å². The zero-order valence-electron chi connectivity index (χ0n) is 10.2. The van der Waals surface area contributed by atoms with Gasteiger partial charge in [-0.1, -0.05) is 19.1 Å². The van der Waals surface area contributed by atoms with Crippen LogP contribution in [0.1, 0.15) is 12.6 Å². The van der Waals surface area contributed by atoms with Gasteiger partial charge in [0, 0.05) is 22.8 Å². The van der Waals surface area contributed by atoms with Crippen molar-refractivity contribution in [3.63, 3.8) is 0 Å². The molecule has 2 aromatic rings. The van der Waals surface area contributed by atoms with E-state index in [4.69, 9.17) is 0 Å². The van der Waals surface area contributed by atoms with Crippen LogP contribution in [-0.4, -0.2) is 18.1 Å². The predicted octanol–water partition coefficient (Wildman–Crippen LogP) is 3.80. The number of likely N-dealkylation sites (N-methyl/N-ethyl adjacent to an activating group) is 1. The van der Waals surface area contributed by atoms with Gasteiger partial charge in [-0.15, -0.1) is 11.3 Å².